The summed E-state index contributed by atoms with van der Waals surface area (Å²) in [5.41, 5.74) is 5.54. The number of hydrogen-bond acceptors (Lipinski definition) is 4. The van der Waals surface area contributed by atoms with Crippen LogP contribution in [0.3, 0.4) is 0 Å². The van der Waals surface area contributed by atoms with E-state index in [0.717, 1.165) is 65.0 Å². The molecule has 1 heterocycles. The highest BCUT2D eigenvalue weighted by Gasteiger charge is 2.17. The van der Waals surface area contributed by atoms with Gasteiger partial charge in [0, 0.05) is 19.1 Å². The van der Waals surface area contributed by atoms with Gasteiger partial charge in [0.2, 0.25) is 5.91 Å². The van der Waals surface area contributed by atoms with E-state index in [1.165, 1.54) is 6.42 Å². The van der Waals surface area contributed by atoms with Gasteiger partial charge in [0.1, 0.15) is 0 Å². The molecule has 0 aromatic rings. The number of unbranched alkanes of at least 4 members (excludes halogenated alkanes) is 1. The van der Waals surface area contributed by atoms with Crippen LogP contribution in [-0.2, 0) is 4.79 Å². The minimum atomic E-state index is 0.181. The molecule has 5 nitrogen and oxygen atoms in total. The molecule has 1 aliphatic heterocycles. The standard InChI is InChI=1S/C16H34N4O/c1-3-15(4-2)18-16(21)14-20-11-7-10-19(12-13-20)9-6-5-8-17/h15H,3-14,17H2,1-2H3,(H,18,21). The van der Waals surface area contributed by atoms with Gasteiger partial charge in [0.25, 0.3) is 0 Å². The molecular formula is C16H34N4O. The molecule has 5 heteroatoms. The lowest BCUT2D eigenvalue weighted by molar-refractivity contribution is -0.123. The lowest BCUT2D eigenvalue weighted by atomic mass is 10.2. The van der Waals surface area contributed by atoms with Crippen LogP contribution in [0.4, 0.5) is 0 Å². The predicted octanol–water partition coefficient (Wildman–Crippen LogP) is 1.04. The molecule has 124 valence electrons. The Hall–Kier alpha value is -0.650. The van der Waals surface area contributed by atoms with Crippen LogP contribution in [0.25, 0.3) is 0 Å². The Labute approximate surface area is 130 Å². The SMILES string of the molecule is CCC(CC)NC(=O)CN1CCCN(CCCCN)CC1. The Bertz CT molecular complexity index is 281. The number of nitrogens with two attached hydrogens (primary N) is 1. The highest BCUT2D eigenvalue weighted by Crippen LogP contribution is 2.05. The average molecular weight is 298 g/mol. The van der Waals surface area contributed by atoms with Crippen molar-refractivity contribution in [3.8, 4) is 0 Å². The Morgan fingerprint density at radius 1 is 1.10 bits per heavy atom. The quantitative estimate of drug-likeness (QED) is 0.624. The lowest BCUT2D eigenvalue weighted by Crippen LogP contribution is -2.42. The molecule has 21 heavy (non-hydrogen) atoms. The monoisotopic (exact) mass is 298 g/mol. The Kier molecular flexibility index (Phi) is 9.63. The summed E-state index contributed by atoms with van der Waals surface area (Å²) < 4.78 is 0. The predicted molar refractivity (Wildman–Crippen MR) is 88.3 cm³/mol. The second-order valence-electron chi connectivity index (χ2n) is 6.05. The van der Waals surface area contributed by atoms with Crippen LogP contribution in [-0.4, -0.2) is 67.6 Å². The molecule has 0 saturated carbocycles. The lowest BCUT2D eigenvalue weighted by Gasteiger charge is -2.22. The summed E-state index contributed by atoms with van der Waals surface area (Å²) in [6.07, 6.45) is 5.47. The van der Waals surface area contributed by atoms with E-state index in [1.807, 2.05) is 0 Å². The van der Waals surface area contributed by atoms with Gasteiger partial charge < -0.3 is 16.0 Å². The molecule has 1 saturated heterocycles. The second-order valence-corrected chi connectivity index (χ2v) is 6.05. The number of carbonyl (C=O) groups is 1. The summed E-state index contributed by atoms with van der Waals surface area (Å²) in [6, 6.07) is 0.331. The molecule has 0 radical (unpaired) electrons. The van der Waals surface area contributed by atoms with Crippen LogP contribution >= 0.6 is 0 Å². The molecular weight excluding hydrogens is 264 g/mol. The van der Waals surface area contributed by atoms with Gasteiger partial charge in [0.05, 0.1) is 6.54 Å². The molecule has 0 atom stereocenters. The molecule has 1 fully saturated rings. The highest BCUT2D eigenvalue weighted by molar-refractivity contribution is 5.78. The molecule has 0 unspecified atom stereocenters. The number of carbonyl (C=O) groups excluding carboxylic acids is 1. The Balaban J connectivity index is 2.26. The fraction of sp³-hybridized carbons (Fsp3) is 0.938. The van der Waals surface area contributed by atoms with Gasteiger partial charge in [-0.05, 0) is 58.3 Å². The first-order valence-corrected chi connectivity index (χ1v) is 8.63. The number of amides is 1. The second kappa shape index (κ2) is 11.0. The maximum atomic E-state index is 12.1. The number of nitrogens with one attached hydrogen (secondary N) is 1. The molecule has 0 bridgehead atoms. The van der Waals surface area contributed by atoms with Crippen LogP contribution in [0.2, 0.25) is 0 Å². The molecule has 1 rings (SSSR count). The van der Waals surface area contributed by atoms with Crippen molar-refractivity contribution < 1.29 is 4.79 Å². The van der Waals surface area contributed by atoms with E-state index in [1.54, 1.807) is 0 Å². The minimum Gasteiger partial charge on any atom is -0.352 e. The Morgan fingerprint density at radius 3 is 2.43 bits per heavy atom. The zero-order chi connectivity index (χ0) is 15.5. The van der Waals surface area contributed by atoms with E-state index < -0.39 is 0 Å². The summed E-state index contributed by atoms with van der Waals surface area (Å²) in [7, 11) is 0. The smallest absolute Gasteiger partial charge is 0.234 e. The van der Waals surface area contributed by atoms with Crippen molar-refractivity contribution >= 4 is 5.91 Å². The number of rotatable bonds is 9. The molecule has 0 aliphatic carbocycles. The van der Waals surface area contributed by atoms with Crippen molar-refractivity contribution in [3.05, 3.63) is 0 Å². The molecule has 0 spiro atoms. The zero-order valence-corrected chi connectivity index (χ0v) is 13.9. The van der Waals surface area contributed by atoms with Crippen molar-refractivity contribution in [3.63, 3.8) is 0 Å². The van der Waals surface area contributed by atoms with Gasteiger partial charge in [-0.3, -0.25) is 9.69 Å². The van der Waals surface area contributed by atoms with Gasteiger partial charge >= 0.3 is 0 Å². The van der Waals surface area contributed by atoms with Gasteiger partial charge in [-0.1, -0.05) is 13.8 Å². The summed E-state index contributed by atoms with van der Waals surface area (Å²) >= 11 is 0. The fourth-order valence-electron chi connectivity index (χ4n) is 2.86. The van der Waals surface area contributed by atoms with Crippen LogP contribution in [0.15, 0.2) is 0 Å². The van der Waals surface area contributed by atoms with E-state index in [9.17, 15) is 4.79 Å². The molecule has 3 N–H and O–H groups in total. The van der Waals surface area contributed by atoms with E-state index in [-0.39, 0.29) is 5.91 Å². The number of nitrogens with zero attached hydrogens (tertiary/aromatic N) is 2. The third-order valence-corrected chi connectivity index (χ3v) is 4.33. The van der Waals surface area contributed by atoms with Crippen LogP contribution in [0.5, 0.6) is 0 Å². The van der Waals surface area contributed by atoms with Gasteiger partial charge in [-0.15, -0.1) is 0 Å². The first kappa shape index (κ1) is 18.4. The van der Waals surface area contributed by atoms with E-state index in [4.69, 9.17) is 5.73 Å². The number of hydrogen-bond donors (Lipinski definition) is 2. The molecule has 0 aromatic heterocycles. The zero-order valence-electron chi connectivity index (χ0n) is 13.9. The molecule has 1 aliphatic rings. The van der Waals surface area contributed by atoms with Crippen LogP contribution in [0.1, 0.15) is 46.0 Å². The summed E-state index contributed by atoms with van der Waals surface area (Å²) in [6.45, 7) is 11.0. The van der Waals surface area contributed by atoms with Crippen LogP contribution in [0, 0.1) is 0 Å². The van der Waals surface area contributed by atoms with Crippen molar-refractivity contribution in [1.82, 2.24) is 15.1 Å². The maximum absolute atomic E-state index is 12.1. The highest BCUT2D eigenvalue weighted by atomic mass is 16.2. The summed E-state index contributed by atoms with van der Waals surface area (Å²) in [5.74, 6) is 0.181. The summed E-state index contributed by atoms with van der Waals surface area (Å²) in [5, 5.41) is 3.13. The third-order valence-electron chi connectivity index (χ3n) is 4.33. The van der Waals surface area contributed by atoms with Gasteiger partial charge in [-0.2, -0.15) is 0 Å². The van der Waals surface area contributed by atoms with Crippen LogP contribution < -0.4 is 11.1 Å². The minimum absolute atomic E-state index is 0.181. The van der Waals surface area contributed by atoms with E-state index in [2.05, 4.69) is 29.0 Å². The van der Waals surface area contributed by atoms with E-state index >= 15 is 0 Å². The van der Waals surface area contributed by atoms with Gasteiger partial charge in [0.15, 0.2) is 0 Å². The summed E-state index contributed by atoms with van der Waals surface area (Å²) in [4.78, 5) is 16.9. The topological polar surface area (TPSA) is 61.6 Å². The fourth-order valence-corrected chi connectivity index (χ4v) is 2.86. The molecule has 1 amide bonds. The first-order valence-electron chi connectivity index (χ1n) is 8.63. The first-order chi connectivity index (χ1) is 10.2. The van der Waals surface area contributed by atoms with Gasteiger partial charge in [-0.25, -0.2) is 0 Å². The largest absolute Gasteiger partial charge is 0.352 e. The van der Waals surface area contributed by atoms with Crippen molar-refractivity contribution in [2.24, 2.45) is 5.73 Å². The maximum Gasteiger partial charge on any atom is 0.234 e. The van der Waals surface area contributed by atoms with Crippen molar-refractivity contribution in [2.75, 3.05) is 45.8 Å². The molecule has 0 aromatic carbocycles. The normalized spacial score (nSPS) is 17.9. The third kappa shape index (κ3) is 7.79. The van der Waals surface area contributed by atoms with Crippen molar-refractivity contribution in [2.45, 2.75) is 52.0 Å². The van der Waals surface area contributed by atoms with Crippen molar-refractivity contribution in [1.29, 1.82) is 0 Å². The van der Waals surface area contributed by atoms with E-state index in [0.29, 0.717) is 12.6 Å². The average Bonchev–Trinajstić information content (AvgIpc) is 2.70. The Morgan fingerprint density at radius 2 is 1.76 bits per heavy atom.